The zero-order valence-electron chi connectivity index (χ0n) is 11.6. The molecule has 0 aliphatic carbocycles. The van der Waals surface area contributed by atoms with Crippen LogP contribution in [0.15, 0.2) is 30.3 Å². The predicted molar refractivity (Wildman–Crippen MR) is 85.1 cm³/mol. The highest BCUT2D eigenvalue weighted by atomic mass is 31.0. The van der Waals surface area contributed by atoms with Crippen LogP contribution >= 0.6 is 9.24 Å². The molecule has 1 atom stereocenters. The summed E-state index contributed by atoms with van der Waals surface area (Å²) in [5, 5.41) is 10.7. The lowest BCUT2D eigenvalue weighted by Gasteiger charge is -2.27. The number of nitrogens with zero attached hydrogens (tertiary/aromatic N) is 1. The molecule has 0 saturated carbocycles. The van der Waals surface area contributed by atoms with Crippen molar-refractivity contribution in [1.29, 1.82) is 0 Å². The smallest absolute Gasteiger partial charge is 0.376 e. The standard InChI is InChI=1S/C12H17BNOP.C2H6/c1-13(15)14-8-6-10(7-9-14)11-4-2-3-5-12(11)16;1-2/h2-6,15H,7-9,16H2,1H3;1-2H3. The molecule has 1 aromatic carbocycles. The first-order valence-electron chi connectivity index (χ1n) is 6.64. The van der Waals surface area contributed by atoms with Crippen molar-refractivity contribution in [2.75, 3.05) is 13.1 Å². The van der Waals surface area contributed by atoms with Crippen molar-refractivity contribution in [1.82, 2.24) is 4.81 Å². The van der Waals surface area contributed by atoms with E-state index in [1.807, 2.05) is 20.7 Å². The number of hydrogen-bond donors (Lipinski definition) is 1. The van der Waals surface area contributed by atoms with E-state index in [1.54, 1.807) is 0 Å². The van der Waals surface area contributed by atoms with Gasteiger partial charge in [0.25, 0.3) is 0 Å². The molecule has 0 saturated heterocycles. The monoisotopic (exact) mass is 263 g/mol. The van der Waals surface area contributed by atoms with E-state index < -0.39 is 0 Å². The third-order valence-corrected chi connectivity index (χ3v) is 3.58. The Morgan fingerprint density at radius 1 is 1.28 bits per heavy atom. The second-order valence-electron chi connectivity index (χ2n) is 4.19. The van der Waals surface area contributed by atoms with Gasteiger partial charge in [-0.2, -0.15) is 0 Å². The van der Waals surface area contributed by atoms with Crippen molar-refractivity contribution in [2.45, 2.75) is 27.1 Å². The van der Waals surface area contributed by atoms with Crippen LogP contribution in [0.25, 0.3) is 5.57 Å². The molecule has 0 bridgehead atoms. The lowest BCUT2D eigenvalue weighted by atomic mass is 9.82. The Bertz CT molecular complexity index is 407. The molecule has 1 heterocycles. The Morgan fingerprint density at radius 3 is 2.44 bits per heavy atom. The van der Waals surface area contributed by atoms with E-state index in [4.69, 9.17) is 0 Å². The van der Waals surface area contributed by atoms with Gasteiger partial charge in [-0.3, -0.25) is 0 Å². The molecular formula is C14H23BNOP. The van der Waals surface area contributed by atoms with E-state index in [0.717, 1.165) is 19.5 Å². The Morgan fingerprint density at radius 2 is 1.94 bits per heavy atom. The second kappa shape index (κ2) is 7.73. The molecule has 98 valence electrons. The van der Waals surface area contributed by atoms with Crippen molar-refractivity contribution >= 4 is 27.2 Å². The third-order valence-electron chi connectivity index (χ3n) is 3.08. The summed E-state index contributed by atoms with van der Waals surface area (Å²) < 4.78 is 0. The fourth-order valence-corrected chi connectivity index (χ4v) is 2.45. The average Bonchev–Trinajstić information content (AvgIpc) is 2.42. The Labute approximate surface area is 113 Å². The van der Waals surface area contributed by atoms with E-state index in [-0.39, 0.29) is 7.05 Å². The molecule has 0 amide bonds. The second-order valence-corrected chi connectivity index (χ2v) is 4.82. The number of rotatable bonds is 2. The highest BCUT2D eigenvalue weighted by Crippen LogP contribution is 2.22. The third kappa shape index (κ3) is 3.95. The summed E-state index contributed by atoms with van der Waals surface area (Å²) in [6, 6.07) is 8.40. The molecule has 1 aliphatic rings. The van der Waals surface area contributed by atoms with Gasteiger partial charge in [0.2, 0.25) is 0 Å². The van der Waals surface area contributed by atoms with Crippen LogP contribution in [0, 0.1) is 0 Å². The van der Waals surface area contributed by atoms with Crippen LogP contribution in [0.4, 0.5) is 0 Å². The van der Waals surface area contributed by atoms with E-state index in [2.05, 4.69) is 44.4 Å². The normalized spacial score (nSPS) is 15.5. The maximum Gasteiger partial charge on any atom is 0.376 e. The summed E-state index contributed by atoms with van der Waals surface area (Å²) in [6.45, 7) is 7.59. The van der Waals surface area contributed by atoms with Gasteiger partial charge in [0.15, 0.2) is 0 Å². The number of benzene rings is 1. The Kier molecular flexibility index (Phi) is 6.63. The molecule has 1 N–H and O–H groups in total. The molecule has 0 aromatic heterocycles. The highest BCUT2D eigenvalue weighted by Gasteiger charge is 2.19. The number of hydrogen-bond acceptors (Lipinski definition) is 2. The van der Waals surface area contributed by atoms with Crippen LogP contribution < -0.4 is 5.30 Å². The van der Waals surface area contributed by atoms with Crippen LogP contribution in [-0.2, 0) is 0 Å². The molecule has 4 heteroatoms. The summed E-state index contributed by atoms with van der Waals surface area (Å²) in [5.41, 5.74) is 2.71. The SMILES string of the molecule is CB(O)N1CC=C(c2ccccc2P)CC1.CC. The molecule has 0 fully saturated rings. The largest absolute Gasteiger partial charge is 0.437 e. The first kappa shape index (κ1) is 15.4. The summed E-state index contributed by atoms with van der Waals surface area (Å²) in [7, 11) is 2.44. The van der Waals surface area contributed by atoms with E-state index in [1.165, 1.54) is 16.4 Å². The topological polar surface area (TPSA) is 23.5 Å². The molecule has 1 aromatic rings. The van der Waals surface area contributed by atoms with Gasteiger partial charge < -0.3 is 9.83 Å². The molecule has 2 rings (SSSR count). The van der Waals surface area contributed by atoms with E-state index >= 15 is 0 Å². The van der Waals surface area contributed by atoms with Crippen molar-refractivity contribution in [3.63, 3.8) is 0 Å². The van der Waals surface area contributed by atoms with Gasteiger partial charge in [-0.25, -0.2) is 0 Å². The van der Waals surface area contributed by atoms with Gasteiger partial charge in [-0.05, 0) is 36.2 Å². The van der Waals surface area contributed by atoms with Crippen LogP contribution in [0.1, 0.15) is 25.8 Å². The molecule has 0 spiro atoms. The van der Waals surface area contributed by atoms with Crippen molar-refractivity contribution in [3.05, 3.63) is 35.9 Å². The van der Waals surface area contributed by atoms with Gasteiger partial charge in [-0.1, -0.05) is 44.2 Å². The van der Waals surface area contributed by atoms with Crippen LogP contribution in [0.5, 0.6) is 0 Å². The first-order valence-corrected chi connectivity index (χ1v) is 7.22. The average molecular weight is 263 g/mol. The molecule has 18 heavy (non-hydrogen) atoms. The van der Waals surface area contributed by atoms with Crippen LogP contribution in [-0.4, -0.2) is 30.0 Å². The van der Waals surface area contributed by atoms with Gasteiger partial charge in [-0.15, -0.1) is 9.24 Å². The minimum atomic E-state index is -0.343. The molecule has 2 nitrogen and oxygen atoms in total. The summed E-state index contributed by atoms with van der Waals surface area (Å²) in [5.74, 6) is 0. The zero-order valence-corrected chi connectivity index (χ0v) is 12.7. The minimum absolute atomic E-state index is 0.343. The molecular weight excluding hydrogens is 240 g/mol. The van der Waals surface area contributed by atoms with Gasteiger partial charge >= 0.3 is 7.05 Å². The maximum atomic E-state index is 9.48. The summed E-state index contributed by atoms with van der Waals surface area (Å²) in [4.78, 5) is 2.06. The van der Waals surface area contributed by atoms with Crippen molar-refractivity contribution in [3.8, 4) is 0 Å². The van der Waals surface area contributed by atoms with Gasteiger partial charge in [0.05, 0.1) is 0 Å². The molecule has 1 unspecified atom stereocenters. The van der Waals surface area contributed by atoms with Crippen LogP contribution in [0.3, 0.4) is 0 Å². The van der Waals surface area contributed by atoms with Crippen LogP contribution in [0.2, 0.25) is 6.82 Å². The van der Waals surface area contributed by atoms with Crippen molar-refractivity contribution in [2.24, 2.45) is 0 Å². The summed E-state index contributed by atoms with van der Waals surface area (Å²) in [6.07, 6.45) is 3.23. The first-order chi connectivity index (χ1) is 8.68. The summed E-state index contributed by atoms with van der Waals surface area (Å²) >= 11 is 0. The predicted octanol–water partition coefficient (Wildman–Crippen LogP) is 2.41. The van der Waals surface area contributed by atoms with Crippen molar-refractivity contribution < 1.29 is 5.02 Å². The highest BCUT2D eigenvalue weighted by molar-refractivity contribution is 7.27. The van der Waals surface area contributed by atoms with E-state index in [9.17, 15) is 5.02 Å². The molecule has 0 radical (unpaired) electrons. The van der Waals surface area contributed by atoms with E-state index in [0.29, 0.717) is 0 Å². The fraction of sp³-hybridized carbons (Fsp3) is 0.429. The van der Waals surface area contributed by atoms with Gasteiger partial charge in [0, 0.05) is 6.54 Å². The maximum absolute atomic E-state index is 9.48. The molecule has 1 aliphatic heterocycles. The Hall–Kier alpha value is -0.625. The fourth-order valence-electron chi connectivity index (χ4n) is 2.06. The zero-order chi connectivity index (χ0) is 13.5. The van der Waals surface area contributed by atoms with Gasteiger partial charge in [0.1, 0.15) is 0 Å². The Balaban J connectivity index is 0.000000771. The quantitative estimate of drug-likeness (QED) is 0.654. The minimum Gasteiger partial charge on any atom is -0.437 e. The lowest BCUT2D eigenvalue weighted by molar-refractivity contribution is 0.392. The lowest BCUT2D eigenvalue weighted by Crippen LogP contribution is -2.40.